The molecule has 3 atom stereocenters. The molecule has 5 rings (SSSR count). The standard InChI is InChI=1S/C28H26N2O3/c1-33-27(32)26-23(18-31)25(26)24-17-30(19-29-24)28(20-11-5-2-6-12-20,21-13-7-3-8-14-21)22-15-9-4-10-16-22/h2-17,19,23,25-26,31H,18H2,1H3/t23-,25+,26+/m0/s1. The molecule has 5 nitrogen and oxygen atoms in total. The summed E-state index contributed by atoms with van der Waals surface area (Å²) < 4.78 is 7.08. The third kappa shape index (κ3) is 3.45. The Morgan fingerprint density at radius 1 is 0.909 bits per heavy atom. The van der Waals surface area contributed by atoms with Gasteiger partial charge < -0.3 is 14.4 Å². The maximum Gasteiger partial charge on any atom is 0.309 e. The van der Waals surface area contributed by atoms with Gasteiger partial charge in [-0.1, -0.05) is 91.0 Å². The van der Waals surface area contributed by atoms with Crippen LogP contribution in [0.1, 0.15) is 28.3 Å². The number of aliphatic hydroxyl groups excluding tert-OH is 1. The molecule has 0 radical (unpaired) electrons. The Morgan fingerprint density at radius 2 is 1.39 bits per heavy atom. The number of carbonyl (C=O) groups excluding carboxylic acids is 1. The molecule has 33 heavy (non-hydrogen) atoms. The first kappa shape index (κ1) is 21.2. The van der Waals surface area contributed by atoms with E-state index >= 15 is 0 Å². The number of nitrogens with zero attached hydrogens (tertiary/aromatic N) is 2. The normalized spacial score (nSPS) is 19.8. The Morgan fingerprint density at radius 3 is 1.82 bits per heavy atom. The Balaban J connectivity index is 1.71. The lowest BCUT2D eigenvalue weighted by molar-refractivity contribution is -0.142. The van der Waals surface area contributed by atoms with E-state index in [1.807, 2.05) is 67.1 Å². The lowest BCUT2D eigenvalue weighted by Crippen LogP contribution is -2.36. The highest BCUT2D eigenvalue weighted by molar-refractivity contribution is 5.78. The van der Waals surface area contributed by atoms with Crippen molar-refractivity contribution in [3.8, 4) is 0 Å². The van der Waals surface area contributed by atoms with Gasteiger partial charge >= 0.3 is 5.97 Å². The molecule has 1 heterocycles. The van der Waals surface area contributed by atoms with Crippen molar-refractivity contribution in [2.75, 3.05) is 13.7 Å². The maximum atomic E-state index is 12.2. The quantitative estimate of drug-likeness (QED) is 0.347. The fourth-order valence-corrected chi connectivity index (χ4v) is 5.14. The number of imidazole rings is 1. The summed E-state index contributed by atoms with van der Waals surface area (Å²) in [4.78, 5) is 17.0. The number of methoxy groups -OCH3 is 1. The van der Waals surface area contributed by atoms with E-state index in [1.165, 1.54) is 7.11 Å². The molecule has 0 bridgehead atoms. The van der Waals surface area contributed by atoms with Gasteiger partial charge in [-0.15, -0.1) is 0 Å². The lowest BCUT2D eigenvalue weighted by Gasteiger charge is -2.37. The molecule has 166 valence electrons. The van der Waals surface area contributed by atoms with Crippen molar-refractivity contribution in [3.05, 3.63) is 126 Å². The predicted octanol–water partition coefficient (Wildman–Crippen LogP) is 4.22. The van der Waals surface area contributed by atoms with E-state index in [4.69, 9.17) is 9.72 Å². The summed E-state index contributed by atoms with van der Waals surface area (Å²) in [6, 6.07) is 31.1. The second-order valence-electron chi connectivity index (χ2n) is 8.44. The minimum Gasteiger partial charge on any atom is -0.469 e. The number of hydrogen-bond donors (Lipinski definition) is 1. The maximum absolute atomic E-state index is 12.2. The zero-order chi connectivity index (χ0) is 22.8. The van der Waals surface area contributed by atoms with Gasteiger partial charge in [0.2, 0.25) is 0 Å². The molecular formula is C28H26N2O3. The molecule has 0 unspecified atom stereocenters. The zero-order valence-electron chi connectivity index (χ0n) is 18.4. The van der Waals surface area contributed by atoms with Crippen molar-refractivity contribution in [1.29, 1.82) is 0 Å². The van der Waals surface area contributed by atoms with Gasteiger partial charge in [-0.05, 0) is 16.7 Å². The van der Waals surface area contributed by atoms with Gasteiger partial charge in [-0.2, -0.15) is 0 Å². The highest BCUT2D eigenvalue weighted by Gasteiger charge is 2.57. The van der Waals surface area contributed by atoms with Crippen LogP contribution < -0.4 is 0 Å². The highest BCUT2D eigenvalue weighted by atomic mass is 16.5. The van der Waals surface area contributed by atoms with Gasteiger partial charge in [-0.3, -0.25) is 4.79 Å². The summed E-state index contributed by atoms with van der Waals surface area (Å²) >= 11 is 0. The van der Waals surface area contributed by atoms with Gasteiger partial charge in [0, 0.05) is 24.6 Å². The third-order valence-corrected chi connectivity index (χ3v) is 6.76. The van der Waals surface area contributed by atoms with Crippen molar-refractivity contribution in [2.45, 2.75) is 11.5 Å². The molecule has 0 spiro atoms. The number of rotatable bonds is 7. The minimum absolute atomic E-state index is 0.0709. The molecule has 0 aliphatic heterocycles. The van der Waals surface area contributed by atoms with Crippen LogP contribution in [0.4, 0.5) is 0 Å². The van der Waals surface area contributed by atoms with Crippen LogP contribution in [0.2, 0.25) is 0 Å². The van der Waals surface area contributed by atoms with Crippen LogP contribution >= 0.6 is 0 Å². The van der Waals surface area contributed by atoms with Crippen molar-refractivity contribution in [2.24, 2.45) is 11.8 Å². The molecule has 1 aliphatic carbocycles. The highest BCUT2D eigenvalue weighted by Crippen LogP contribution is 2.54. The number of ether oxygens (including phenoxy) is 1. The first-order valence-electron chi connectivity index (χ1n) is 11.1. The summed E-state index contributed by atoms with van der Waals surface area (Å²) in [5.74, 6) is -0.971. The number of benzene rings is 3. The van der Waals surface area contributed by atoms with Gasteiger partial charge in [0.15, 0.2) is 0 Å². The summed E-state index contributed by atoms with van der Waals surface area (Å²) in [6.45, 7) is -0.0709. The van der Waals surface area contributed by atoms with E-state index in [9.17, 15) is 9.90 Å². The SMILES string of the molecule is COC(=O)[C@@H]1[C@@H](CO)[C@@H]1c1cn(C(c2ccccc2)(c2ccccc2)c2ccccc2)cn1. The van der Waals surface area contributed by atoms with Gasteiger partial charge in [0.05, 0.1) is 25.0 Å². The van der Waals surface area contributed by atoms with E-state index < -0.39 is 5.54 Å². The molecule has 0 saturated heterocycles. The summed E-state index contributed by atoms with van der Waals surface area (Å²) in [6.07, 6.45) is 3.85. The second kappa shape index (κ2) is 8.68. The van der Waals surface area contributed by atoms with E-state index in [0.29, 0.717) is 0 Å². The Labute approximate surface area is 193 Å². The van der Waals surface area contributed by atoms with Crippen LogP contribution in [0.15, 0.2) is 104 Å². The van der Waals surface area contributed by atoms with Gasteiger partial charge in [0.25, 0.3) is 0 Å². The van der Waals surface area contributed by atoms with Crippen LogP contribution in [-0.4, -0.2) is 34.3 Å². The molecule has 4 aromatic rings. The van der Waals surface area contributed by atoms with Crippen molar-refractivity contribution in [3.63, 3.8) is 0 Å². The molecular weight excluding hydrogens is 412 g/mol. The number of carbonyl (C=O) groups is 1. The van der Waals surface area contributed by atoms with E-state index in [-0.39, 0.29) is 30.3 Å². The van der Waals surface area contributed by atoms with Crippen molar-refractivity contribution in [1.82, 2.24) is 9.55 Å². The first-order chi connectivity index (χ1) is 16.2. The Bertz CT molecular complexity index is 1130. The largest absolute Gasteiger partial charge is 0.469 e. The van der Waals surface area contributed by atoms with Crippen LogP contribution in [0, 0.1) is 11.8 Å². The predicted molar refractivity (Wildman–Crippen MR) is 126 cm³/mol. The Hall–Kier alpha value is -3.70. The number of aliphatic hydroxyl groups is 1. The monoisotopic (exact) mass is 438 g/mol. The molecule has 5 heteroatoms. The smallest absolute Gasteiger partial charge is 0.309 e. The third-order valence-electron chi connectivity index (χ3n) is 6.76. The number of hydrogen-bond acceptors (Lipinski definition) is 4. The molecule has 3 aromatic carbocycles. The van der Waals surface area contributed by atoms with Gasteiger partial charge in [0.1, 0.15) is 5.54 Å². The van der Waals surface area contributed by atoms with Gasteiger partial charge in [-0.25, -0.2) is 4.98 Å². The van der Waals surface area contributed by atoms with Crippen LogP contribution in [0.5, 0.6) is 0 Å². The van der Waals surface area contributed by atoms with Crippen LogP contribution in [0.25, 0.3) is 0 Å². The summed E-state index contributed by atoms with van der Waals surface area (Å²) in [5.41, 5.74) is 3.44. The van der Waals surface area contributed by atoms with Crippen LogP contribution in [-0.2, 0) is 15.1 Å². The second-order valence-corrected chi connectivity index (χ2v) is 8.44. The van der Waals surface area contributed by atoms with E-state index in [0.717, 1.165) is 22.4 Å². The van der Waals surface area contributed by atoms with E-state index in [2.05, 4.69) is 41.0 Å². The average Bonchev–Trinajstić information content (AvgIpc) is 3.43. The molecule has 1 fully saturated rings. The van der Waals surface area contributed by atoms with Crippen molar-refractivity contribution >= 4 is 5.97 Å². The molecule has 1 saturated carbocycles. The number of esters is 1. The first-order valence-corrected chi connectivity index (χ1v) is 11.1. The van der Waals surface area contributed by atoms with Crippen LogP contribution in [0.3, 0.4) is 0 Å². The molecule has 0 amide bonds. The average molecular weight is 439 g/mol. The molecule has 1 aliphatic rings. The topological polar surface area (TPSA) is 64.3 Å². The van der Waals surface area contributed by atoms with Crippen molar-refractivity contribution < 1.29 is 14.6 Å². The molecule has 1 N–H and O–H groups in total. The minimum atomic E-state index is -0.653. The fourth-order valence-electron chi connectivity index (χ4n) is 5.14. The summed E-state index contributed by atoms with van der Waals surface area (Å²) in [5, 5.41) is 9.81. The zero-order valence-corrected chi connectivity index (χ0v) is 18.4. The Kier molecular flexibility index (Phi) is 5.56. The summed E-state index contributed by atoms with van der Waals surface area (Å²) in [7, 11) is 1.38. The fraction of sp³-hybridized carbons (Fsp3) is 0.214. The number of aromatic nitrogens is 2. The van der Waals surface area contributed by atoms with E-state index in [1.54, 1.807) is 0 Å². The molecule has 1 aromatic heterocycles. The lowest BCUT2D eigenvalue weighted by atomic mass is 9.77.